The van der Waals surface area contributed by atoms with Crippen LogP contribution in [0.1, 0.15) is 70.3 Å². The van der Waals surface area contributed by atoms with Crippen LogP contribution in [0.2, 0.25) is 0 Å². The van der Waals surface area contributed by atoms with Crippen molar-refractivity contribution >= 4 is 0 Å². The van der Waals surface area contributed by atoms with Crippen molar-refractivity contribution in [3.8, 4) is 0 Å². The Labute approximate surface area is 125 Å². The van der Waals surface area contributed by atoms with Crippen LogP contribution in [0.4, 0.5) is 0 Å². The van der Waals surface area contributed by atoms with Gasteiger partial charge in [0.05, 0.1) is 6.20 Å². The Balaban J connectivity index is 2.04. The molecule has 1 unspecified atom stereocenters. The lowest BCUT2D eigenvalue weighted by Crippen LogP contribution is -2.25. The van der Waals surface area contributed by atoms with Crippen LogP contribution in [0.3, 0.4) is 0 Å². The van der Waals surface area contributed by atoms with Gasteiger partial charge in [-0.1, -0.05) is 51.9 Å². The summed E-state index contributed by atoms with van der Waals surface area (Å²) in [7, 11) is 4.08. The van der Waals surface area contributed by atoms with Crippen molar-refractivity contribution in [1.82, 2.24) is 15.1 Å². The summed E-state index contributed by atoms with van der Waals surface area (Å²) in [4.78, 5) is 0. The van der Waals surface area contributed by atoms with Gasteiger partial charge < -0.3 is 5.32 Å². The maximum absolute atomic E-state index is 4.23. The lowest BCUT2D eigenvalue weighted by Gasteiger charge is -2.15. The van der Waals surface area contributed by atoms with Gasteiger partial charge in [-0.25, -0.2) is 0 Å². The van der Waals surface area contributed by atoms with E-state index < -0.39 is 0 Å². The molecule has 20 heavy (non-hydrogen) atoms. The number of nitrogens with zero attached hydrogens (tertiary/aromatic N) is 2. The molecule has 0 aliphatic carbocycles. The molecule has 0 bridgehead atoms. The molecule has 3 nitrogen and oxygen atoms in total. The van der Waals surface area contributed by atoms with Crippen molar-refractivity contribution in [1.29, 1.82) is 0 Å². The van der Waals surface area contributed by atoms with E-state index in [-0.39, 0.29) is 0 Å². The first kappa shape index (κ1) is 17.2. The second-order valence-corrected chi connectivity index (χ2v) is 5.96. The minimum absolute atomic E-state index is 0.658. The predicted octanol–water partition coefficient (Wildman–Crippen LogP) is 4.08. The van der Waals surface area contributed by atoms with Crippen LogP contribution in [-0.4, -0.2) is 22.9 Å². The van der Waals surface area contributed by atoms with E-state index in [1.165, 1.54) is 63.4 Å². The average Bonchev–Trinajstić information content (AvgIpc) is 2.87. The Morgan fingerprint density at radius 2 is 1.80 bits per heavy atom. The Hall–Kier alpha value is -0.830. The minimum Gasteiger partial charge on any atom is -0.317 e. The average molecular weight is 279 g/mol. The number of aromatic nitrogens is 2. The summed E-state index contributed by atoms with van der Waals surface area (Å²) in [5.74, 6) is 0. The smallest absolute Gasteiger partial charge is 0.0521 e. The standard InChI is InChI=1S/C17H33N3/c1-4-5-6-7-8-9-10-11-17(18-2)13-12-16-14-19-20(3)15-16/h14-15,17-18H,4-13H2,1-3H3. The summed E-state index contributed by atoms with van der Waals surface area (Å²) in [6, 6.07) is 0.658. The van der Waals surface area contributed by atoms with Crippen LogP contribution in [0.5, 0.6) is 0 Å². The molecule has 0 radical (unpaired) electrons. The van der Waals surface area contributed by atoms with E-state index >= 15 is 0 Å². The van der Waals surface area contributed by atoms with Crippen LogP contribution >= 0.6 is 0 Å². The Morgan fingerprint density at radius 3 is 2.40 bits per heavy atom. The van der Waals surface area contributed by atoms with Crippen LogP contribution in [0.25, 0.3) is 0 Å². The quantitative estimate of drug-likeness (QED) is 0.584. The van der Waals surface area contributed by atoms with E-state index in [9.17, 15) is 0 Å². The molecule has 0 spiro atoms. The van der Waals surface area contributed by atoms with Crippen molar-refractivity contribution in [2.75, 3.05) is 7.05 Å². The highest BCUT2D eigenvalue weighted by Crippen LogP contribution is 2.12. The Kier molecular flexibility index (Phi) is 9.38. The first-order valence-electron chi connectivity index (χ1n) is 8.41. The monoisotopic (exact) mass is 279 g/mol. The molecule has 0 aromatic carbocycles. The third kappa shape index (κ3) is 7.68. The highest BCUT2D eigenvalue weighted by molar-refractivity contribution is 5.03. The minimum atomic E-state index is 0.658. The zero-order valence-electron chi connectivity index (χ0n) is 13.7. The van der Waals surface area contributed by atoms with Gasteiger partial charge in [-0.05, 0) is 31.9 Å². The van der Waals surface area contributed by atoms with Gasteiger partial charge in [-0.15, -0.1) is 0 Å². The molecule has 0 amide bonds. The SMILES string of the molecule is CCCCCCCCCC(CCc1cnn(C)c1)NC. The van der Waals surface area contributed by atoms with Crippen LogP contribution < -0.4 is 5.32 Å². The highest BCUT2D eigenvalue weighted by atomic mass is 15.2. The number of rotatable bonds is 12. The molecule has 3 heteroatoms. The summed E-state index contributed by atoms with van der Waals surface area (Å²) in [6.45, 7) is 2.28. The van der Waals surface area contributed by atoms with Gasteiger partial charge in [0, 0.05) is 19.3 Å². The molecule has 1 heterocycles. The summed E-state index contributed by atoms with van der Waals surface area (Å²) < 4.78 is 1.89. The molecule has 0 saturated carbocycles. The largest absolute Gasteiger partial charge is 0.317 e. The first-order valence-corrected chi connectivity index (χ1v) is 8.41. The molecule has 0 saturated heterocycles. The summed E-state index contributed by atoms with van der Waals surface area (Å²) in [6.07, 6.45) is 17.6. The molecular weight excluding hydrogens is 246 g/mol. The summed E-state index contributed by atoms with van der Waals surface area (Å²) in [5.41, 5.74) is 1.35. The van der Waals surface area contributed by atoms with E-state index in [1.807, 2.05) is 17.9 Å². The summed E-state index contributed by atoms with van der Waals surface area (Å²) >= 11 is 0. The maximum Gasteiger partial charge on any atom is 0.0521 e. The lowest BCUT2D eigenvalue weighted by molar-refractivity contribution is 0.457. The van der Waals surface area contributed by atoms with Crippen LogP contribution in [0.15, 0.2) is 12.4 Å². The molecule has 0 aliphatic heterocycles. The zero-order chi connectivity index (χ0) is 14.6. The Bertz CT molecular complexity index is 333. The molecule has 0 fully saturated rings. The normalized spacial score (nSPS) is 12.8. The highest BCUT2D eigenvalue weighted by Gasteiger charge is 2.07. The van der Waals surface area contributed by atoms with Crippen molar-refractivity contribution in [3.63, 3.8) is 0 Å². The van der Waals surface area contributed by atoms with Gasteiger partial charge in [0.1, 0.15) is 0 Å². The Morgan fingerprint density at radius 1 is 1.10 bits per heavy atom. The van der Waals surface area contributed by atoms with Gasteiger partial charge in [-0.3, -0.25) is 4.68 Å². The molecule has 1 aromatic heterocycles. The van der Waals surface area contributed by atoms with Gasteiger partial charge in [-0.2, -0.15) is 5.10 Å². The number of hydrogen-bond donors (Lipinski definition) is 1. The predicted molar refractivity (Wildman–Crippen MR) is 87.0 cm³/mol. The van der Waals surface area contributed by atoms with E-state index in [0.717, 1.165) is 6.42 Å². The van der Waals surface area contributed by atoms with Crippen molar-refractivity contribution in [2.45, 2.75) is 77.2 Å². The second-order valence-electron chi connectivity index (χ2n) is 5.96. The summed E-state index contributed by atoms with van der Waals surface area (Å²) in [5, 5.41) is 7.69. The fourth-order valence-electron chi connectivity index (χ4n) is 2.72. The van der Waals surface area contributed by atoms with Crippen LogP contribution in [-0.2, 0) is 13.5 Å². The third-order valence-corrected chi connectivity index (χ3v) is 4.10. The molecule has 1 atom stereocenters. The van der Waals surface area contributed by atoms with Crippen LogP contribution in [0, 0.1) is 0 Å². The molecule has 1 rings (SSSR count). The van der Waals surface area contributed by atoms with E-state index in [1.54, 1.807) is 0 Å². The third-order valence-electron chi connectivity index (χ3n) is 4.10. The fourth-order valence-corrected chi connectivity index (χ4v) is 2.72. The molecule has 116 valence electrons. The molecular formula is C17H33N3. The van der Waals surface area contributed by atoms with E-state index in [4.69, 9.17) is 0 Å². The first-order chi connectivity index (χ1) is 9.76. The van der Waals surface area contributed by atoms with Crippen molar-refractivity contribution in [3.05, 3.63) is 18.0 Å². The van der Waals surface area contributed by atoms with Gasteiger partial charge >= 0.3 is 0 Å². The number of nitrogens with one attached hydrogen (secondary N) is 1. The maximum atomic E-state index is 4.23. The number of hydrogen-bond acceptors (Lipinski definition) is 2. The second kappa shape index (κ2) is 10.9. The molecule has 1 aromatic rings. The topological polar surface area (TPSA) is 29.9 Å². The molecule has 1 N–H and O–H groups in total. The van der Waals surface area contributed by atoms with Gasteiger partial charge in [0.25, 0.3) is 0 Å². The van der Waals surface area contributed by atoms with Crippen molar-refractivity contribution < 1.29 is 0 Å². The van der Waals surface area contributed by atoms with E-state index in [2.05, 4.69) is 30.6 Å². The fraction of sp³-hybridized carbons (Fsp3) is 0.824. The van der Waals surface area contributed by atoms with E-state index in [0.29, 0.717) is 6.04 Å². The zero-order valence-corrected chi connectivity index (χ0v) is 13.7. The van der Waals surface area contributed by atoms with Crippen molar-refractivity contribution in [2.24, 2.45) is 7.05 Å². The number of unbranched alkanes of at least 4 members (excludes halogenated alkanes) is 6. The van der Waals surface area contributed by atoms with Gasteiger partial charge in [0.2, 0.25) is 0 Å². The number of aryl methyl sites for hydroxylation is 2. The van der Waals surface area contributed by atoms with Gasteiger partial charge in [0.15, 0.2) is 0 Å². The lowest BCUT2D eigenvalue weighted by atomic mass is 10.0. The molecule has 0 aliphatic rings.